The van der Waals surface area contributed by atoms with Crippen molar-refractivity contribution in [1.29, 1.82) is 0 Å². The van der Waals surface area contributed by atoms with Crippen LogP contribution in [-0.4, -0.2) is 20.7 Å². The molecule has 2 heterocycles. The molecule has 1 aliphatic carbocycles. The van der Waals surface area contributed by atoms with Crippen molar-refractivity contribution in [3.05, 3.63) is 36.3 Å². The normalized spacial score (nSPS) is 15.7. The number of nitrogens with zero attached hydrogens (tertiary/aromatic N) is 3. The zero-order valence-electron chi connectivity index (χ0n) is 13.0. The molecular formula is C17H22N4O. The Labute approximate surface area is 130 Å². The third-order valence-electron chi connectivity index (χ3n) is 4.30. The highest BCUT2D eigenvalue weighted by atomic mass is 16.1. The van der Waals surface area contributed by atoms with Gasteiger partial charge in [0.05, 0.1) is 11.9 Å². The van der Waals surface area contributed by atoms with Crippen molar-refractivity contribution in [1.82, 2.24) is 20.1 Å². The van der Waals surface area contributed by atoms with Gasteiger partial charge in [0.2, 0.25) is 5.91 Å². The second-order valence-electron chi connectivity index (χ2n) is 5.97. The number of amides is 1. The molecule has 0 bridgehead atoms. The molecule has 0 unspecified atom stereocenters. The van der Waals surface area contributed by atoms with E-state index in [4.69, 9.17) is 0 Å². The largest absolute Gasteiger partial charge is 0.352 e. The molecule has 2 aromatic rings. The van der Waals surface area contributed by atoms with Crippen molar-refractivity contribution in [3.63, 3.8) is 0 Å². The molecule has 3 rings (SSSR count). The molecule has 0 radical (unpaired) electrons. The number of hydrogen-bond acceptors (Lipinski definition) is 3. The van der Waals surface area contributed by atoms with E-state index in [2.05, 4.69) is 15.4 Å². The van der Waals surface area contributed by atoms with Gasteiger partial charge in [0, 0.05) is 37.5 Å². The number of aromatic nitrogens is 3. The smallest absolute Gasteiger partial charge is 0.223 e. The molecule has 5 heteroatoms. The maximum absolute atomic E-state index is 12.3. The van der Waals surface area contributed by atoms with Crippen molar-refractivity contribution in [2.75, 3.05) is 0 Å². The van der Waals surface area contributed by atoms with E-state index >= 15 is 0 Å². The first kappa shape index (κ1) is 14.8. The molecule has 22 heavy (non-hydrogen) atoms. The highest BCUT2D eigenvalue weighted by Gasteiger charge is 2.21. The van der Waals surface area contributed by atoms with E-state index in [0.717, 1.165) is 29.7 Å². The fraction of sp³-hybridized carbons (Fsp3) is 0.471. The molecule has 0 saturated heterocycles. The van der Waals surface area contributed by atoms with Gasteiger partial charge in [0.15, 0.2) is 0 Å². The lowest BCUT2D eigenvalue weighted by Gasteiger charge is -2.21. The van der Waals surface area contributed by atoms with Gasteiger partial charge in [0.1, 0.15) is 0 Å². The Morgan fingerprint density at radius 2 is 2.18 bits per heavy atom. The molecule has 1 N–H and O–H groups in total. The van der Waals surface area contributed by atoms with Crippen LogP contribution in [0.2, 0.25) is 0 Å². The summed E-state index contributed by atoms with van der Waals surface area (Å²) in [6, 6.07) is 3.92. The minimum Gasteiger partial charge on any atom is -0.352 e. The van der Waals surface area contributed by atoms with Crippen molar-refractivity contribution in [2.45, 2.75) is 38.6 Å². The van der Waals surface area contributed by atoms with E-state index in [1.54, 1.807) is 17.1 Å². The molecule has 116 valence electrons. The summed E-state index contributed by atoms with van der Waals surface area (Å²) in [4.78, 5) is 16.7. The summed E-state index contributed by atoms with van der Waals surface area (Å²) in [5.74, 6) is 0.368. The SMILES string of the molecule is Cn1cc(-c2ncccc2CNC(=O)C2CCCCC2)cn1. The number of aryl methyl sites for hydroxylation is 1. The summed E-state index contributed by atoms with van der Waals surface area (Å²) in [6.07, 6.45) is 11.2. The topological polar surface area (TPSA) is 59.8 Å². The van der Waals surface area contributed by atoms with Crippen LogP contribution in [0, 0.1) is 5.92 Å². The Balaban J connectivity index is 1.69. The van der Waals surface area contributed by atoms with Crippen LogP contribution in [-0.2, 0) is 18.4 Å². The van der Waals surface area contributed by atoms with Crippen LogP contribution in [0.5, 0.6) is 0 Å². The molecule has 2 aromatic heterocycles. The van der Waals surface area contributed by atoms with Crippen LogP contribution in [0.1, 0.15) is 37.7 Å². The Bertz CT molecular complexity index is 644. The van der Waals surface area contributed by atoms with E-state index in [9.17, 15) is 4.79 Å². The average molecular weight is 298 g/mol. The molecule has 1 amide bonds. The molecule has 1 saturated carbocycles. The lowest BCUT2D eigenvalue weighted by atomic mass is 9.88. The number of rotatable bonds is 4. The third-order valence-corrected chi connectivity index (χ3v) is 4.30. The molecule has 1 aliphatic rings. The Hall–Kier alpha value is -2.17. The third kappa shape index (κ3) is 3.35. The lowest BCUT2D eigenvalue weighted by molar-refractivity contribution is -0.126. The number of carbonyl (C=O) groups excluding carboxylic acids is 1. The van der Waals surface area contributed by atoms with Crippen molar-refractivity contribution >= 4 is 5.91 Å². The average Bonchev–Trinajstić information content (AvgIpc) is 3.00. The van der Waals surface area contributed by atoms with Crippen LogP contribution in [0.15, 0.2) is 30.7 Å². The van der Waals surface area contributed by atoms with E-state index in [1.165, 1.54) is 19.3 Å². The Kier molecular flexibility index (Phi) is 4.51. The summed E-state index contributed by atoms with van der Waals surface area (Å²) < 4.78 is 1.76. The fourth-order valence-corrected chi connectivity index (χ4v) is 3.08. The maximum Gasteiger partial charge on any atom is 0.223 e. The first-order valence-electron chi connectivity index (χ1n) is 7.94. The second-order valence-corrected chi connectivity index (χ2v) is 5.97. The fourth-order valence-electron chi connectivity index (χ4n) is 3.08. The van der Waals surface area contributed by atoms with Crippen molar-refractivity contribution in [3.8, 4) is 11.3 Å². The zero-order valence-corrected chi connectivity index (χ0v) is 13.0. The van der Waals surface area contributed by atoms with Gasteiger partial charge < -0.3 is 5.32 Å². The summed E-state index contributed by atoms with van der Waals surface area (Å²) in [7, 11) is 1.89. The molecule has 0 aromatic carbocycles. The monoisotopic (exact) mass is 298 g/mol. The predicted octanol–water partition coefficient (Wildman–Crippen LogP) is 2.68. The van der Waals surface area contributed by atoms with Crippen LogP contribution in [0.25, 0.3) is 11.3 Å². The van der Waals surface area contributed by atoms with Crippen molar-refractivity contribution < 1.29 is 4.79 Å². The minimum atomic E-state index is 0.181. The first-order valence-corrected chi connectivity index (χ1v) is 7.94. The predicted molar refractivity (Wildman–Crippen MR) is 84.9 cm³/mol. The van der Waals surface area contributed by atoms with Crippen molar-refractivity contribution in [2.24, 2.45) is 13.0 Å². The van der Waals surface area contributed by atoms with Gasteiger partial charge in [-0.15, -0.1) is 0 Å². The first-order chi connectivity index (χ1) is 10.7. The second kappa shape index (κ2) is 6.73. The van der Waals surface area contributed by atoms with Gasteiger partial charge in [-0.2, -0.15) is 5.10 Å². The summed E-state index contributed by atoms with van der Waals surface area (Å²) in [6.45, 7) is 0.521. The molecular weight excluding hydrogens is 276 g/mol. The number of nitrogens with one attached hydrogen (secondary N) is 1. The van der Waals surface area contributed by atoms with Crippen LogP contribution in [0.3, 0.4) is 0 Å². The zero-order chi connectivity index (χ0) is 15.4. The van der Waals surface area contributed by atoms with Gasteiger partial charge in [-0.05, 0) is 24.5 Å². The van der Waals surface area contributed by atoms with Gasteiger partial charge in [-0.3, -0.25) is 14.5 Å². The van der Waals surface area contributed by atoms with E-state index in [0.29, 0.717) is 6.54 Å². The summed E-state index contributed by atoms with van der Waals surface area (Å²) in [5, 5.41) is 7.27. The maximum atomic E-state index is 12.3. The van der Waals surface area contributed by atoms with Gasteiger partial charge >= 0.3 is 0 Å². The van der Waals surface area contributed by atoms with Gasteiger partial charge in [-0.1, -0.05) is 25.3 Å². The molecule has 0 aliphatic heterocycles. The standard InChI is InChI=1S/C17H22N4O/c1-21-12-15(11-20-21)16-14(8-5-9-18-16)10-19-17(22)13-6-3-2-4-7-13/h5,8-9,11-13H,2-4,6-7,10H2,1H3,(H,19,22). The highest BCUT2D eigenvalue weighted by molar-refractivity contribution is 5.79. The van der Waals surface area contributed by atoms with Gasteiger partial charge in [-0.25, -0.2) is 0 Å². The molecule has 0 atom stereocenters. The molecule has 5 nitrogen and oxygen atoms in total. The quantitative estimate of drug-likeness (QED) is 0.944. The van der Waals surface area contributed by atoms with E-state index in [1.807, 2.05) is 25.4 Å². The Morgan fingerprint density at radius 1 is 1.36 bits per heavy atom. The van der Waals surface area contributed by atoms with E-state index < -0.39 is 0 Å². The molecule has 0 spiro atoms. The number of pyridine rings is 1. The van der Waals surface area contributed by atoms with Gasteiger partial charge in [0.25, 0.3) is 0 Å². The number of hydrogen-bond donors (Lipinski definition) is 1. The van der Waals surface area contributed by atoms with E-state index in [-0.39, 0.29) is 11.8 Å². The molecule has 1 fully saturated rings. The number of carbonyl (C=O) groups is 1. The lowest BCUT2D eigenvalue weighted by Crippen LogP contribution is -2.31. The minimum absolute atomic E-state index is 0.181. The van der Waals surface area contributed by atoms with Crippen LogP contribution >= 0.6 is 0 Å². The summed E-state index contributed by atoms with van der Waals surface area (Å²) >= 11 is 0. The summed E-state index contributed by atoms with van der Waals surface area (Å²) in [5.41, 5.74) is 2.89. The van der Waals surface area contributed by atoms with Crippen LogP contribution in [0.4, 0.5) is 0 Å². The Morgan fingerprint density at radius 3 is 2.91 bits per heavy atom. The van der Waals surface area contributed by atoms with Crippen LogP contribution < -0.4 is 5.32 Å². The highest BCUT2D eigenvalue weighted by Crippen LogP contribution is 2.24.